The molecule has 0 spiro atoms. The minimum atomic E-state index is -4.62. The van der Waals surface area contributed by atoms with Gasteiger partial charge in [0.2, 0.25) is 0 Å². The van der Waals surface area contributed by atoms with Crippen LogP contribution in [0.1, 0.15) is 17.2 Å². The van der Waals surface area contributed by atoms with E-state index in [1.807, 2.05) is 0 Å². The van der Waals surface area contributed by atoms with Crippen molar-refractivity contribution >= 4 is 17.6 Å². The second-order valence-electron chi connectivity index (χ2n) is 4.52. The molecule has 0 aliphatic heterocycles. The summed E-state index contributed by atoms with van der Waals surface area (Å²) < 4.78 is 39.3. The Hall–Kier alpha value is -2.05. The average Bonchev–Trinajstić information content (AvgIpc) is 2.45. The molecule has 2 rings (SSSR count). The highest BCUT2D eigenvalue weighted by molar-refractivity contribution is 6.30. The highest BCUT2D eigenvalue weighted by Gasteiger charge is 2.34. The van der Waals surface area contributed by atoms with Gasteiger partial charge in [-0.05, 0) is 34.9 Å². The lowest BCUT2D eigenvalue weighted by Gasteiger charge is -2.17. The Morgan fingerprint density at radius 2 is 1.73 bits per heavy atom. The molecule has 2 aromatic carbocycles. The number of aliphatic carboxylic acids is 1. The van der Waals surface area contributed by atoms with Gasteiger partial charge in [-0.25, -0.2) is 4.79 Å². The minimum absolute atomic E-state index is 0.0738. The van der Waals surface area contributed by atoms with E-state index < -0.39 is 23.8 Å². The molecule has 0 aliphatic rings. The third-order valence-electron chi connectivity index (χ3n) is 3.07. The third kappa shape index (κ3) is 3.23. The molecule has 7 heteroatoms. The number of carboxylic acids is 1. The second kappa shape index (κ2) is 5.98. The van der Waals surface area contributed by atoms with E-state index in [9.17, 15) is 23.1 Å². The Balaban J connectivity index is 2.73. The van der Waals surface area contributed by atoms with E-state index in [1.54, 1.807) is 0 Å². The first-order valence-electron chi connectivity index (χ1n) is 6.08. The van der Waals surface area contributed by atoms with Crippen LogP contribution >= 0.6 is 11.6 Å². The summed E-state index contributed by atoms with van der Waals surface area (Å²) in [6.07, 6.45) is -6.57. The van der Waals surface area contributed by atoms with Gasteiger partial charge in [0.25, 0.3) is 0 Å². The number of hydrogen-bond acceptors (Lipinski definition) is 2. The molecule has 0 saturated carbocycles. The maximum Gasteiger partial charge on any atom is 0.417 e. The molecule has 0 heterocycles. The Morgan fingerprint density at radius 1 is 1.09 bits per heavy atom. The summed E-state index contributed by atoms with van der Waals surface area (Å²) in [5, 5.41) is 18.7. The summed E-state index contributed by atoms with van der Waals surface area (Å²) in [5.74, 6) is -1.56. The molecule has 1 atom stereocenters. The highest BCUT2D eigenvalue weighted by Crippen LogP contribution is 2.40. The van der Waals surface area contributed by atoms with Gasteiger partial charge >= 0.3 is 12.1 Å². The zero-order valence-corrected chi connectivity index (χ0v) is 11.7. The molecule has 1 unspecified atom stereocenters. The Labute approximate surface area is 128 Å². The third-order valence-corrected chi connectivity index (χ3v) is 3.30. The molecule has 0 aromatic heterocycles. The normalized spacial score (nSPS) is 13.0. The van der Waals surface area contributed by atoms with Crippen LogP contribution < -0.4 is 0 Å². The molecule has 0 fully saturated rings. The molecule has 0 radical (unpaired) electrons. The van der Waals surface area contributed by atoms with E-state index in [0.717, 1.165) is 6.07 Å². The number of halogens is 4. The van der Waals surface area contributed by atoms with Crippen LogP contribution in [0, 0.1) is 0 Å². The van der Waals surface area contributed by atoms with Gasteiger partial charge in [-0.2, -0.15) is 13.2 Å². The van der Waals surface area contributed by atoms with Gasteiger partial charge in [0, 0.05) is 5.02 Å². The van der Waals surface area contributed by atoms with Crippen LogP contribution in [0.4, 0.5) is 13.2 Å². The van der Waals surface area contributed by atoms with Gasteiger partial charge in [0.15, 0.2) is 6.10 Å². The molecule has 0 bridgehead atoms. The first-order chi connectivity index (χ1) is 10.2. The Kier molecular flexibility index (Phi) is 4.44. The summed E-state index contributed by atoms with van der Waals surface area (Å²) in [7, 11) is 0. The van der Waals surface area contributed by atoms with Crippen LogP contribution in [0.3, 0.4) is 0 Å². The second-order valence-corrected chi connectivity index (χ2v) is 4.95. The molecule has 3 nitrogen and oxygen atoms in total. The maximum atomic E-state index is 13.1. The van der Waals surface area contributed by atoms with Crippen LogP contribution in [-0.2, 0) is 11.0 Å². The van der Waals surface area contributed by atoms with Crippen molar-refractivity contribution in [3.05, 3.63) is 58.6 Å². The summed E-state index contributed by atoms with van der Waals surface area (Å²) in [5.41, 5.74) is -1.41. The van der Waals surface area contributed by atoms with Gasteiger partial charge in [0.05, 0.1) is 5.56 Å². The van der Waals surface area contributed by atoms with Crippen LogP contribution in [0.5, 0.6) is 0 Å². The van der Waals surface area contributed by atoms with Crippen LogP contribution in [0.15, 0.2) is 42.5 Å². The number of carbonyl (C=O) groups is 1. The lowest BCUT2D eigenvalue weighted by molar-refractivity contribution is -0.146. The van der Waals surface area contributed by atoms with Crippen molar-refractivity contribution in [2.75, 3.05) is 0 Å². The van der Waals surface area contributed by atoms with E-state index in [4.69, 9.17) is 16.7 Å². The van der Waals surface area contributed by atoms with Crippen LogP contribution in [-0.4, -0.2) is 16.2 Å². The Bertz CT molecular complexity index is 713. The van der Waals surface area contributed by atoms with E-state index in [2.05, 4.69) is 0 Å². The largest absolute Gasteiger partial charge is 0.479 e. The predicted molar refractivity (Wildman–Crippen MR) is 74.5 cm³/mol. The maximum absolute atomic E-state index is 13.1. The number of aliphatic hydroxyl groups excluding tert-OH is 1. The van der Waals surface area contributed by atoms with Crippen molar-refractivity contribution in [3.63, 3.8) is 0 Å². The van der Waals surface area contributed by atoms with Crippen molar-refractivity contribution in [2.24, 2.45) is 0 Å². The standard InChI is InChI=1S/C15H10ClF3O3/c16-8-5-6-10(13(20)14(21)22)11(7-8)9-3-1-2-4-12(9)15(17,18)19/h1-7,13,20H,(H,21,22). The minimum Gasteiger partial charge on any atom is -0.479 e. The van der Waals surface area contributed by atoms with Crippen molar-refractivity contribution < 1.29 is 28.2 Å². The first kappa shape index (κ1) is 16.3. The molecule has 0 saturated heterocycles. The zero-order valence-electron chi connectivity index (χ0n) is 10.9. The van der Waals surface area contributed by atoms with Crippen molar-refractivity contribution in [3.8, 4) is 11.1 Å². The smallest absolute Gasteiger partial charge is 0.417 e. The van der Waals surface area contributed by atoms with Gasteiger partial charge in [-0.3, -0.25) is 0 Å². The molecule has 2 aromatic rings. The number of hydrogen-bond donors (Lipinski definition) is 2. The van der Waals surface area contributed by atoms with E-state index in [1.165, 1.54) is 36.4 Å². The van der Waals surface area contributed by atoms with Crippen LogP contribution in [0.25, 0.3) is 11.1 Å². The number of benzene rings is 2. The average molecular weight is 331 g/mol. The lowest BCUT2D eigenvalue weighted by Crippen LogP contribution is -2.13. The first-order valence-corrected chi connectivity index (χ1v) is 6.46. The quantitative estimate of drug-likeness (QED) is 0.889. The topological polar surface area (TPSA) is 57.5 Å². The molecular weight excluding hydrogens is 321 g/mol. The van der Waals surface area contributed by atoms with E-state index in [-0.39, 0.29) is 21.7 Å². The number of alkyl halides is 3. The molecule has 116 valence electrons. The molecule has 22 heavy (non-hydrogen) atoms. The lowest BCUT2D eigenvalue weighted by atomic mass is 9.92. The summed E-state index contributed by atoms with van der Waals surface area (Å²) in [6.45, 7) is 0. The van der Waals surface area contributed by atoms with E-state index in [0.29, 0.717) is 0 Å². The molecular formula is C15H10ClF3O3. The van der Waals surface area contributed by atoms with Crippen molar-refractivity contribution in [1.29, 1.82) is 0 Å². The zero-order chi connectivity index (χ0) is 16.5. The summed E-state index contributed by atoms with van der Waals surface area (Å²) in [6, 6.07) is 8.41. The molecule has 2 N–H and O–H groups in total. The Morgan fingerprint density at radius 3 is 2.32 bits per heavy atom. The van der Waals surface area contributed by atoms with Crippen molar-refractivity contribution in [1.82, 2.24) is 0 Å². The van der Waals surface area contributed by atoms with Gasteiger partial charge in [0.1, 0.15) is 0 Å². The van der Waals surface area contributed by atoms with Gasteiger partial charge in [-0.1, -0.05) is 35.9 Å². The molecule has 0 aliphatic carbocycles. The number of rotatable bonds is 3. The predicted octanol–water partition coefficient (Wildman–Crippen LogP) is 4.14. The van der Waals surface area contributed by atoms with Gasteiger partial charge in [-0.15, -0.1) is 0 Å². The fourth-order valence-corrected chi connectivity index (χ4v) is 2.27. The van der Waals surface area contributed by atoms with Crippen LogP contribution in [0.2, 0.25) is 5.02 Å². The fraction of sp³-hybridized carbons (Fsp3) is 0.133. The highest BCUT2D eigenvalue weighted by atomic mass is 35.5. The SMILES string of the molecule is O=C(O)C(O)c1ccc(Cl)cc1-c1ccccc1C(F)(F)F. The summed E-state index contributed by atoms with van der Waals surface area (Å²) in [4.78, 5) is 10.9. The number of aliphatic hydroxyl groups is 1. The van der Waals surface area contributed by atoms with Gasteiger partial charge < -0.3 is 10.2 Å². The monoisotopic (exact) mass is 330 g/mol. The van der Waals surface area contributed by atoms with Crippen molar-refractivity contribution in [2.45, 2.75) is 12.3 Å². The molecule has 0 amide bonds. The number of carboxylic acid groups (broad SMARTS) is 1. The summed E-state index contributed by atoms with van der Waals surface area (Å²) >= 11 is 5.81. The van der Waals surface area contributed by atoms with E-state index >= 15 is 0 Å². The fourth-order valence-electron chi connectivity index (χ4n) is 2.10.